The van der Waals surface area contributed by atoms with E-state index in [4.69, 9.17) is 9.47 Å². The highest BCUT2D eigenvalue weighted by atomic mass is 16.5. The minimum atomic E-state index is -0.0234. The molecule has 1 aliphatic heterocycles. The normalized spacial score (nSPS) is 15.7. The van der Waals surface area contributed by atoms with Crippen molar-refractivity contribution in [2.24, 2.45) is 0 Å². The smallest absolute Gasteiger partial charge is 0.254 e. The molecule has 0 radical (unpaired) electrons. The molecular weight excluding hydrogens is 376 g/mol. The highest BCUT2D eigenvalue weighted by Gasteiger charge is 2.20. The van der Waals surface area contributed by atoms with Crippen molar-refractivity contribution in [2.45, 2.75) is 25.5 Å². The van der Waals surface area contributed by atoms with Crippen molar-refractivity contribution in [1.82, 2.24) is 9.88 Å². The van der Waals surface area contributed by atoms with Crippen molar-refractivity contribution in [3.8, 4) is 5.88 Å². The highest BCUT2D eigenvalue weighted by Crippen LogP contribution is 2.18. The molecule has 5 heteroatoms. The first-order valence-corrected chi connectivity index (χ1v) is 10.4. The van der Waals surface area contributed by atoms with Crippen LogP contribution < -0.4 is 4.74 Å². The van der Waals surface area contributed by atoms with Crippen molar-refractivity contribution < 1.29 is 14.3 Å². The Bertz CT molecular complexity index is 941. The second-order valence-corrected chi connectivity index (χ2v) is 7.43. The van der Waals surface area contributed by atoms with Crippen LogP contribution in [0.2, 0.25) is 0 Å². The lowest BCUT2D eigenvalue weighted by Gasteiger charge is -2.23. The summed E-state index contributed by atoms with van der Waals surface area (Å²) >= 11 is 0. The van der Waals surface area contributed by atoms with Gasteiger partial charge in [0.1, 0.15) is 6.10 Å². The van der Waals surface area contributed by atoms with Gasteiger partial charge >= 0.3 is 0 Å². The van der Waals surface area contributed by atoms with Gasteiger partial charge in [0, 0.05) is 37.3 Å². The first kappa shape index (κ1) is 20.1. The van der Waals surface area contributed by atoms with Gasteiger partial charge < -0.3 is 14.4 Å². The van der Waals surface area contributed by atoms with Gasteiger partial charge in [-0.1, -0.05) is 60.7 Å². The van der Waals surface area contributed by atoms with Gasteiger partial charge in [0.15, 0.2) is 0 Å². The SMILES string of the molecule is O=C(c1ccnc(OC2CCOC2)c1)N(CCc1ccccc1)Cc1ccccc1. The number of amides is 1. The lowest BCUT2D eigenvalue weighted by Crippen LogP contribution is -2.32. The molecule has 30 heavy (non-hydrogen) atoms. The van der Waals surface area contributed by atoms with Crippen LogP contribution in [0, 0.1) is 0 Å². The van der Waals surface area contributed by atoms with Crippen LogP contribution in [0.5, 0.6) is 5.88 Å². The molecule has 3 aromatic rings. The van der Waals surface area contributed by atoms with Crippen molar-refractivity contribution in [2.75, 3.05) is 19.8 Å². The summed E-state index contributed by atoms with van der Waals surface area (Å²) in [5.41, 5.74) is 2.90. The summed E-state index contributed by atoms with van der Waals surface area (Å²) in [6, 6.07) is 23.8. The van der Waals surface area contributed by atoms with E-state index in [0.29, 0.717) is 37.7 Å². The average molecular weight is 402 g/mol. The van der Waals surface area contributed by atoms with Crippen molar-refractivity contribution in [1.29, 1.82) is 0 Å². The predicted octanol–water partition coefficient (Wildman–Crippen LogP) is 4.13. The minimum absolute atomic E-state index is 0.00125. The molecule has 1 unspecified atom stereocenters. The molecule has 154 valence electrons. The molecule has 0 bridgehead atoms. The molecule has 0 N–H and O–H groups in total. The van der Waals surface area contributed by atoms with Crippen LogP contribution in [0.4, 0.5) is 0 Å². The molecule has 0 spiro atoms. The summed E-state index contributed by atoms with van der Waals surface area (Å²) in [7, 11) is 0. The third kappa shape index (κ3) is 5.45. The summed E-state index contributed by atoms with van der Waals surface area (Å²) in [6.07, 6.45) is 3.28. The van der Waals surface area contributed by atoms with E-state index >= 15 is 0 Å². The third-order valence-electron chi connectivity index (χ3n) is 5.17. The van der Waals surface area contributed by atoms with Crippen LogP contribution in [0.1, 0.15) is 27.9 Å². The number of rotatable bonds is 8. The van der Waals surface area contributed by atoms with Gasteiger partial charge in [-0.2, -0.15) is 0 Å². The van der Waals surface area contributed by atoms with Gasteiger partial charge in [0.2, 0.25) is 5.88 Å². The Hall–Kier alpha value is -3.18. The van der Waals surface area contributed by atoms with E-state index in [1.165, 1.54) is 5.56 Å². The monoisotopic (exact) mass is 402 g/mol. The van der Waals surface area contributed by atoms with Crippen LogP contribution in [-0.2, 0) is 17.7 Å². The number of pyridine rings is 1. The fraction of sp³-hybridized carbons (Fsp3) is 0.280. The molecule has 1 aromatic heterocycles. The molecular formula is C25H26N2O3. The van der Waals surface area contributed by atoms with Crippen LogP contribution in [0.15, 0.2) is 79.0 Å². The van der Waals surface area contributed by atoms with E-state index in [0.717, 1.165) is 18.4 Å². The third-order valence-corrected chi connectivity index (χ3v) is 5.17. The second kappa shape index (κ2) is 10.0. The van der Waals surface area contributed by atoms with E-state index < -0.39 is 0 Å². The van der Waals surface area contributed by atoms with Crippen molar-refractivity contribution in [3.05, 3.63) is 95.7 Å². The van der Waals surface area contributed by atoms with Gasteiger partial charge in [-0.15, -0.1) is 0 Å². The van der Waals surface area contributed by atoms with E-state index in [1.807, 2.05) is 53.4 Å². The summed E-state index contributed by atoms with van der Waals surface area (Å²) in [5, 5.41) is 0. The molecule has 5 nitrogen and oxygen atoms in total. The molecule has 1 saturated heterocycles. The summed E-state index contributed by atoms with van der Waals surface area (Å²) in [6.45, 7) is 2.46. The minimum Gasteiger partial charge on any atom is -0.472 e. The number of carbonyl (C=O) groups is 1. The van der Waals surface area contributed by atoms with Gasteiger partial charge in [-0.25, -0.2) is 4.98 Å². The summed E-state index contributed by atoms with van der Waals surface area (Å²) < 4.78 is 11.2. The van der Waals surface area contributed by atoms with Crippen LogP contribution in [0.25, 0.3) is 0 Å². The first-order chi connectivity index (χ1) is 14.8. The van der Waals surface area contributed by atoms with E-state index in [9.17, 15) is 4.79 Å². The highest BCUT2D eigenvalue weighted by molar-refractivity contribution is 5.94. The topological polar surface area (TPSA) is 51.7 Å². The Labute approximate surface area is 177 Å². The number of aromatic nitrogens is 1. The zero-order valence-electron chi connectivity index (χ0n) is 16.9. The first-order valence-electron chi connectivity index (χ1n) is 10.4. The average Bonchev–Trinajstić information content (AvgIpc) is 3.31. The molecule has 1 aliphatic rings. The van der Waals surface area contributed by atoms with E-state index in [2.05, 4.69) is 17.1 Å². The second-order valence-electron chi connectivity index (χ2n) is 7.43. The Kier molecular flexibility index (Phi) is 6.72. The number of ether oxygens (including phenoxy) is 2. The summed E-state index contributed by atoms with van der Waals surface area (Å²) in [5.74, 6) is 0.448. The number of benzene rings is 2. The lowest BCUT2D eigenvalue weighted by molar-refractivity contribution is 0.0743. The Morgan fingerprint density at radius 2 is 1.77 bits per heavy atom. The molecule has 1 fully saturated rings. The molecule has 1 amide bonds. The van der Waals surface area contributed by atoms with E-state index in [1.54, 1.807) is 18.3 Å². The zero-order chi connectivity index (χ0) is 20.6. The van der Waals surface area contributed by atoms with Gasteiger partial charge in [-0.05, 0) is 23.6 Å². The number of hydrogen-bond acceptors (Lipinski definition) is 4. The number of carbonyl (C=O) groups excluding carboxylic acids is 1. The maximum Gasteiger partial charge on any atom is 0.254 e. The Morgan fingerprint density at radius 1 is 1.03 bits per heavy atom. The van der Waals surface area contributed by atoms with Crippen molar-refractivity contribution in [3.63, 3.8) is 0 Å². The fourth-order valence-corrected chi connectivity index (χ4v) is 3.53. The zero-order valence-corrected chi connectivity index (χ0v) is 16.9. The maximum atomic E-state index is 13.4. The molecule has 0 saturated carbocycles. The fourth-order valence-electron chi connectivity index (χ4n) is 3.53. The number of hydrogen-bond donors (Lipinski definition) is 0. The van der Waals surface area contributed by atoms with Gasteiger partial charge in [0.05, 0.1) is 13.2 Å². The lowest BCUT2D eigenvalue weighted by atomic mass is 10.1. The maximum absolute atomic E-state index is 13.4. The molecule has 2 heterocycles. The number of nitrogens with zero attached hydrogens (tertiary/aromatic N) is 2. The van der Waals surface area contributed by atoms with Gasteiger partial charge in [-0.3, -0.25) is 4.79 Å². The van der Waals surface area contributed by atoms with Crippen LogP contribution >= 0.6 is 0 Å². The predicted molar refractivity (Wildman–Crippen MR) is 115 cm³/mol. The Balaban J connectivity index is 1.50. The molecule has 2 aromatic carbocycles. The van der Waals surface area contributed by atoms with Crippen molar-refractivity contribution >= 4 is 5.91 Å². The largest absolute Gasteiger partial charge is 0.472 e. The molecule has 1 atom stereocenters. The molecule has 0 aliphatic carbocycles. The quantitative estimate of drug-likeness (QED) is 0.568. The summed E-state index contributed by atoms with van der Waals surface area (Å²) in [4.78, 5) is 19.5. The van der Waals surface area contributed by atoms with Gasteiger partial charge in [0.25, 0.3) is 5.91 Å². The van der Waals surface area contributed by atoms with Crippen LogP contribution in [-0.4, -0.2) is 41.7 Å². The standard InChI is InChI=1S/C25H26N2O3/c28-25(22-11-14-26-24(17-22)30-23-13-16-29-19-23)27(18-21-9-5-2-6-10-21)15-12-20-7-3-1-4-8-20/h1-11,14,17,23H,12-13,15-16,18-19H2. The Morgan fingerprint density at radius 3 is 2.47 bits per heavy atom. The van der Waals surface area contributed by atoms with Crippen LogP contribution in [0.3, 0.4) is 0 Å². The molecule has 4 rings (SSSR count). The van der Waals surface area contributed by atoms with E-state index in [-0.39, 0.29) is 12.0 Å².